The fourth-order valence-corrected chi connectivity index (χ4v) is 1.06. The van der Waals surface area contributed by atoms with Crippen LogP contribution in [0.3, 0.4) is 0 Å². The van der Waals surface area contributed by atoms with Gasteiger partial charge in [-0.3, -0.25) is 9.59 Å². The third-order valence-corrected chi connectivity index (χ3v) is 1.68. The Morgan fingerprint density at radius 1 is 1.83 bits per heavy atom. The maximum atomic E-state index is 11.1. The van der Waals surface area contributed by atoms with Crippen molar-refractivity contribution in [1.82, 2.24) is 5.32 Å². The van der Waals surface area contributed by atoms with Gasteiger partial charge in [-0.1, -0.05) is 12.7 Å². The second-order valence-electron chi connectivity index (χ2n) is 2.55. The van der Waals surface area contributed by atoms with Crippen molar-refractivity contribution in [3.8, 4) is 0 Å². The van der Waals surface area contributed by atoms with E-state index in [1.54, 1.807) is 0 Å². The summed E-state index contributed by atoms with van der Waals surface area (Å²) in [5, 5.41) is 2.56. The quantitative estimate of drug-likeness (QED) is 0.363. The number of hydrogen-bond acceptors (Lipinski definition) is 3. The summed E-state index contributed by atoms with van der Waals surface area (Å²) in [5.74, 6) is -1.29. The summed E-state index contributed by atoms with van der Waals surface area (Å²) in [6.07, 6.45) is 2.01. The van der Waals surface area contributed by atoms with E-state index < -0.39 is 11.9 Å². The van der Waals surface area contributed by atoms with Crippen molar-refractivity contribution in [3.63, 3.8) is 0 Å². The highest BCUT2D eigenvalue weighted by molar-refractivity contribution is 5.99. The van der Waals surface area contributed by atoms with Gasteiger partial charge in [-0.15, -0.1) is 0 Å². The molecule has 1 fully saturated rings. The Kier molecular flexibility index (Phi) is 2.85. The third-order valence-electron chi connectivity index (χ3n) is 1.68. The van der Waals surface area contributed by atoms with Crippen molar-refractivity contribution >= 4 is 11.9 Å². The second-order valence-corrected chi connectivity index (χ2v) is 2.55. The fourth-order valence-electron chi connectivity index (χ4n) is 1.06. The average molecular weight is 169 g/mol. The van der Waals surface area contributed by atoms with Crippen LogP contribution in [0.15, 0.2) is 12.7 Å². The highest BCUT2D eigenvalue weighted by atomic mass is 16.5. The predicted octanol–water partition coefficient (Wildman–Crippen LogP) is -0.148. The molecule has 0 spiro atoms. The van der Waals surface area contributed by atoms with Gasteiger partial charge < -0.3 is 10.1 Å². The largest absolute Gasteiger partial charge is 0.461 e. The lowest BCUT2D eigenvalue weighted by molar-refractivity contribution is -0.150. The number of esters is 1. The molecule has 0 aliphatic carbocycles. The van der Waals surface area contributed by atoms with E-state index in [0.717, 1.165) is 0 Å². The van der Waals surface area contributed by atoms with Gasteiger partial charge >= 0.3 is 5.97 Å². The van der Waals surface area contributed by atoms with Crippen molar-refractivity contribution < 1.29 is 14.3 Å². The molecule has 0 aromatic carbocycles. The van der Waals surface area contributed by atoms with Crippen molar-refractivity contribution in [3.05, 3.63) is 12.7 Å². The van der Waals surface area contributed by atoms with E-state index in [4.69, 9.17) is 4.74 Å². The smallest absolute Gasteiger partial charge is 0.318 e. The Hall–Kier alpha value is -1.32. The number of hydrogen-bond donors (Lipinski definition) is 1. The molecular formula is C8H11NO3. The van der Waals surface area contributed by atoms with Crippen LogP contribution in [-0.2, 0) is 14.3 Å². The van der Waals surface area contributed by atoms with Gasteiger partial charge in [0.1, 0.15) is 12.5 Å². The molecule has 1 aliphatic heterocycles. The minimum atomic E-state index is -0.607. The van der Waals surface area contributed by atoms with Gasteiger partial charge in [0.15, 0.2) is 0 Å². The summed E-state index contributed by atoms with van der Waals surface area (Å²) in [5.41, 5.74) is 0. The van der Waals surface area contributed by atoms with Crippen molar-refractivity contribution in [2.75, 3.05) is 13.2 Å². The summed E-state index contributed by atoms with van der Waals surface area (Å²) in [4.78, 5) is 22.0. The van der Waals surface area contributed by atoms with Crippen LogP contribution < -0.4 is 5.32 Å². The van der Waals surface area contributed by atoms with Gasteiger partial charge in [-0.25, -0.2) is 0 Å². The molecule has 1 N–H and O–H groups in total. The van der Waals surface area contributed by atoms with E-state index in [1.165, 1.54) is 6.08 Å². The maximum Gasteiger partial charge on any atom is 0.318 e. The summed E-state index contributed by atoms with van der Waals surface area (Å²) >= 11 is 0. The molecule has 0 saturated carbocycles. The zero-order valence-corrected chi connectivity index (χ0v) is 6.71. The Labute approximate surface area is 70.6 Å². The molecular weight excluding hydrogens is 158 g/mol. The molecule has 0 aromatic heterocycles. The molecule has 1 saturated heterocycles. The van der Waals surface area contributed by atoms with E-state index >= 15 is 0 Å². The zero-order valence-electron chi connectivity index (χ0n) is 6.71. The van der Waals surface area contributed by atoms with Gasteiger partial charge in [0.05, 0.1) is 0 Å². The minimum Gasteiger partial charge on any atom is -0.461 e. The molecule has 12 heavy (non-hydrogen) atoms. The molecule has 4 heteroatoms. The monoisotopic (exact) mass is 169 g/mol. The third kappa shape index (κ3) is 1.84. The molecule has 0 bridgehead atoms. The van der Waals surface area contributed by atoms with Crippen molar-refractivity contribution in [1.29, 1.82) is 0 Å². The molecule has 1 amide bonds. The van der Waals surface area contributed by atoms with Gasteiger partial charge in [0, 0.05) is 6.54 Å². The molecule has 0 radical (unpaired) electrons. The summed E-state index contributed by atoms with van der Waals surface area (Å²) in [6.45, 7) is 4.13. The van der Waals surface area contributed by atoms with Gasteiger partial charge in [0.25, 0.3) is 0 Å². The molecule has 0 aromatic rings. The van der Waals surface area contributed by atoms with E-state index in [9.17, 15) is 9.59 Å². The van der Waals surface area contributed by atoms with E-state index in [-0.39, 0.29) is 12.5 Å². The summed E-state index contributed by atoms with van der Waals surface area (Å²) < 4.78 is 4.73. The van der Waals surface area contributed by atoms with Crippen molar-refractivity contribution in [2.45, 2.75) is 6.42 Å². The van der Waals surface area contributed by atoms with E-state index in [0.29, 0.717) is 13.0 Å². The number of ether oxygens (including phenoxy) is 1. The standard InChI is InChI=1S/C8H11NO3/c1-2-5-12-8(11)6-3-4-9-7(6)10/h2,6H,1,3-5H2,(H,9,10). The predicted molar refractivity (Wildman–Crippen MR) is 42.3 cm³/mol. The van der Waals surface area contributed by atoms with Crippen LogP contribution in [-0.4, -0.2) is 25.0 Å². The van der Waals surface area contributed by atoms with Gasteiger partial charge in [-0.2, -0.15) is 0 Å². The maximum absolute atomic E-state index is 11.1. The first-order chi connectivity index (χ1) is 5.75. The van der Waals surface area contributed by atoms with Crippen molar-refractivity contribution in [2.24, 2.45) is 5.92 Å². The number of rotatable bonds is 3. The van der Waals surface area contributed by atoms with Gasteiger partial charge in [-0.05, 0) is 6.42 Å². The Morgan fingerprint density at radius 2 is 2.58 bits per heavy atom. The molecule has 4 nitrogen and oxygen atoms in total. The van der Waals surface area contributed by atoms with Crippen LogP contribution in [0.4, 0.5) is 0 Å². The molecule has 1 unspecified atom stereocenters. The number of carbonyl (C=O) groups is 2. The summed E-state index contributed by atoms with van der Waals surface area (Å²) in [7, 11) is 0. The van der Waals surface area contributed by atoms with Crippen LogP contribution in [0.5, 0.6) is 0 Å². The molecule has 1 heterocycles. The Balaban J connectivity index is 2.40. The normalized spacial score (nSPS) is 21.7. The number of carbonyl (C=O) groups excluding carboxylic acids is 2. The molecule has 1 rings (SSSR count). The van der Waals surface area contributed by atoms with Gasteiger partial charge in [0.2, 0.25) is 5.91 Å². The topological polar surface area (TPSA) is 55.4 Å². The average Bonchev–Trinajstić information content (AvgIpc) is 2.47. The lowest BCUT2D eigenvalue weighted by Crippen LogP contribution is -2.26. The SMILES string of the molecule is C=CCOC(=O)C1CCNC1=O. The van der Waals surface area contributed by atoms with E-state index in [2.05, 4.69) is 11.9 Å². The minimum absolute atomic E-state index is 0.169. The number of nitrogens with one attached hydrogen (secondary N) is 1. The van der Waals surface area contributed by atoms with Crippen LogP contribution in [0.25, 0.3) is 0 Å². The van der Waals surface area contributed by atoms with Crippen LogP contribution in [0.2, 0.25) is 0 Å². The first kappa shape index (κ1) is 8.77. The highest BCUT2D eigenvalue weighted by Crippen LogP contribution is 2.10. The highest BCUT2D eigenvalue weighted by Gasteiger charge is 2.31. The fraction of sp³-hybridized carbons (Fsp3) is 0.500. The molecule has 1 aliphatic rings. The molecule has 66 valence electrons. The Morgan fingerprint density at radius 3 is 3.08 bits per heavy atom. The van der Waals surface area contributed by atoms with Crippen LogP contribution in [0.1, 0.15) is 6.42 Å². The lowest BCUT2D eigenvalue weighted by atomic mass is 10.1. The van der Waals surface area contributed by atoms with Crippen LogP contribution in [0, 0.1) is 5.92 Å². The van der Waals surface area contributed by atoms with E-state index in [1.807, 2.05) is 0 Å². The number of amides is 1. The Bertz CT molecular complexity index is 212. The summed E-state index contributed by atoms with van der Waals surface area (Å²) in [6, 6.07) is 0. The first-order valence-corrected chi connectivity index (χ1v) is 3.81. The zero-order chi connectivity index (χ0) is 8.97. The van der Waals surface area contributed by atoms with Crippen LogP contribution >= 0.6 is 0 Å². The molecule has 1 atom stereocenters. The lowest BCUT2D eigenvalue weighted by Gasteiger charge is -2.04. The second kappa shape index (κ2) is 3.90. The first-order valence-electron chi connectivity index (χ1n) is 3.81.